The minimum atomic E-state index is 0.298. The number of methoxy groups -OCH3 is 1. The second kappa shape index (κ2) is 7.11. The molecule has 0 aliphatic rings. The Bertz CT molecular complexity index is 679. The second-order valence-electron chi connectivity index (χ2n) is 4.23. The molecule has 2 aromatic carbocycles. The molecule has 0 amide bonds. The number of halogens is 2. The Morgan fingerprint density at radius 3 is 2.67 bits per heavy atom. The van der Waals surface area contributed by atoms with Crippen LogP contribution in [-0.4, -0.2) is 12.1 Å². The van der Waals surface area contributed by atoms with Crippen LogP contribution in [0.1, 0.15) is 11.1 Å². The Labute approximate surface area is 142 Å². The first-order valence-electron chi connectivity index (χ1n) is 6.06. The van der Waals surface area contributed by atoms with E-state index in [9.17, 15) is 0 Å². The van der Waals surface area contributed by atoms with Gasteiger partial charge in [-0.3, -0.25) is 0 Å². The molecule has 0 radical (unpaired) electrons. The summed E-state index contributed by atoms with van der Waals surface area (Å²) in [6, 6.07) is 11.1. The quantitative estimate of drug-likeness (QED) is 0.777. The van der Waals surface area contributed by atoms with Crippen LogP contribution in [0.5, 0.6) is 11.5 Å². The average molecular weight is 387 g/mol. The molecular formula is C15H13BrClNO2S. The Kier molecular flexibility index (Phi) is 5.45. The smallest absolute Gasteiger partial charge is 0.175 e. The molecule has 0 saturated carbocycles. The van der Waals surface area contributed by atoms with Crippen molar-refractivity contribution in [1.82, 2.24) is 0 Å². The molecule has 0 saturated heterocycles. The zero-order valence-electron chi connectivity index (χ0n) is 11.2. The lowest BCUT2D eigenvalue weighted by Gasteiger charge is -2.14. The molecule has 0 bridgehead atoms. The third-order valence-corrected chi connectivity index (χ3v) is 4.04. The molecule has 0 aliphatic carbocycles. The molecule has 21 heavy (non-hydrogen) atoms. The second-order valence-corrected chi connectivity index (χ2v) is 5.94. The van der Waals surface area contributed by atoms with Crippen molar-refractivity contribution in [2.45, 2.75) is 6.61 Å². The molecule has 3 nitrogen and oxygen atoms in total. The number of thiocarbonyl (C=S) groups is 1. The summed E-state index contributed by atoms with van der Waals surface area (Å²) < 4.78 is 11.9. The lowest BCUT2D eigenvalue weighted by Crippen LogP contribution is -2.10. The van der Waals surface area contributed by atoms with Crippen molar-refractivity contribution < 1.29 is 9.47 Å². The number of nitrogens with two attached hydrogens (primary N) is 1. The van der Waals surface area contributed by atoms with E-state index < -0.39 is 0 Å². The minimum absolute atomic E-state index is 0.298. The summed E-state index contributed by atoms with van der Waals surface area (Å²) in [5, 5.41) is 0.660. The molecule has 2 aromatic rings. The van der Waals surface area contributed by atoms with E-state index in [1.807, 2.05) is 24.3 Å². The summed E-state index contributed by atoms with van der Waals surface area (Å²) >= 11 is 14.5. The van der Waals surface area contributed by atoms with Crippen LogP contribution >= 0.6 is 39.7 Å². The molecule has 0 unspecified atom stereocenters. The Morgan fingerprint density at radius 2 is 2.05 bits per heavy atom. The fourth-order valence-electron chi connectivity index (χ4n) is 1.77. The topological polar surface area (TPSA) is 44.5 Å². The van der Waals surface area contributed by atoms with Gasteiger partial charge in [0.05, 0.1) is 11.6 Å². The Balaban J connectivity index is 2.28. The molecule has 0 spiro atoms. The van der Waals surface area contributed by atoms with Crippen molar-refractivity contribution in [1.29, 1.82) is 0 Å². The van der Waals surface area contributed by atoms with E-state index in [0.29, 0.717) is 33.7 Å². The Hall–Kier alpha value is -1.30. The van der Waals surface area contributed by atoms with Crippen molar-refractivity contribution in [3.63, 3.8) is 0 Å². The first kappa shape index (κ1) is 16.1. The van der Waals surface area contributed by atoms with Gasteiger partial charge < -0.3 is 15.2 Å². The zero-order chi connectivity index (χ0) is 15.4. The van der Waals surface area contributed by atoms with Gasteiger partial charge in [-0.2, -0.15) is 0 Å². The molecular weight excluding hydrogens is 374 g/mol. The van der Waals surface area contributed by atoms with Crippen LogP contribution in [0.25, 0.3) is 0 Å². The number of hydrogen-bond donors (Lipinski definition) is 1. The molecule has 110 valence electrons. The van der Waals surface area contributed by atoms with Gasteiger partial charge in [0.15, 0.2) is 11.5 Å². The normalized spacial score (nSPS) is 10.2. The van der Waals surface area contributed by atoms with E-state index in [-0.39, 0.29) is 0 Å². The number of benzene rings is 2. The van der Waals surface area contributed by atoms with Crippen LogP contribution in [0.2, 0.25) is 5.02 Å². The van der Waals surface area contributed by atoms with Gasteiger partial charge in [0.2, 0.25) is 0 Å². The highest BCUT2D eigenvalue weighted by Crippen LogP contribution is 2.37. The maximum atomic E-state index is 6.11. The van der Waals surface area contributed by atoms with Gasteiger partial charge in [0, 0.05) is 16.1 Å². The van der Waals surface area contributed by atoms with Crippen molar-refractivity contribution in [2.24, 2.45) is 5.73 Å². The van der Waals surface area contributed by atoms with Gasteiger partial charge in [-0.05, 0) is 34.1 Å². The van der Waals surface area contributed by atoms with Crippen LogP contribution in [0, 0.1) is 0 Å². The van der Waals surface area contributed by atoms with Crippen molar-refractivity contribution in [2.75, 3.05) is 7.11 Å². The van der Waals surface area contributed by atoms with Crippen molar-refractivity contribution >= 4 is 44.7 Å². The highest BCUT2D eigenvalue weighted by molar-refractivity contribution is 9.10. The first-order valence-corrected chi connectivity index (χ1v) is 7.64. The van der Waals surface area contributed by atoms with E-state index in [1.165, 1.54) is 0 Å². The summed E-state index contributed by atoms with van der Waals surface area (Å²) in [5.74, 6) is 1.14. The molecule has 0 aromatic heterocycles. The van der Waals surface area contributed by atoms with Crippen molar-refractivity contribution in [3.05, 3.63) is 57.0 Å². The monoisotopic (exact) mass is 385 g/mol. The molecule has 2 N–H and O–H groups in total. The highest BCUT2D eigenvalue weighted by Gasteiger charge is 2.13. The SMILES string of the molecule is COc1cc(C(N)=S)cc(Br)c1OCc1ccccc1Cl. The Morgan fingerprint density at radius 1 is 1.33 bits per heavy atom. The zero-order valence-corrected chi connectivity index (χ0v) is 14.4. The minimum Gasteiger partial charge on any atom is -0.493 e. The lowest BCUT2D eigenvalue weighted by molar-refractivity contribution is 0.282. The van der Waals surface area contributed by atoms with E-state index in [0.717, 1.165) is 10.0 Å². The van der Waals surface area contributed by atoms with E-state index >= 15 is 0 Å². The summed E-state index contributed by atoms with van der Waals surface area (Å²) in [4.78, 5) is 0.298. The molecule has 0 aliphatic heterocycles. The van der Waals surface area contributed by atoms with Crippen LogP contribution in [0.3, 0.4) is 0 Å². The predicted molar refractivity (Wildman–Crippen MR) is 92.4 cm³/mol. The molecule has 2 rings (SSSR count). The van der Waals surface area contributed by atoms with Gasteiger partial charge in [-0.1, -0.05) is 42.0 Å². The fraction of sp³-hybridized carbons (Fsp3) is 0.133. The van der Waals surface area contributed by atoms with Crippen LogP contribution < -0.4 is 15.2 Å². The predicted octanol–water partition coefficient (Wildman–Crippen LogP) is 4.32. The molecule has 0 heterocycles. The summed E-state index contributed by atoms with van der Waals surface area (Å²) in [5.41, 5.74) is 7.24. The maximum Gasteiger partial charge on any atom is 0.175 e. The van der Waals surface area contributed by atoms with Gasteiger partial charge in [0.25, 0.3) is 0 Å². The largest absolute Gasteiger partial charge is 0.493 e. The van der Waals surface area contributed by atoms with E-state index in [1.54, 1.807) is 19.2 Å². The number of rotatable bonds is 5. The summed E-state index contributed by atoms with van der Waals surface area (Å²) in [6.45, 7) is 0.334. The lowest BCUT2D eigenvalue weighted by atomic mass is 10.2. The van der Waals surface area contributed by atoms with Gasteiger partial charge >= 0.3 is 0 Å². The van der Waals surface area contributed by atoms with Gasteiger partial charge in [-0.15, -0.1) is 0 Å². The summed E-state index contributed by atoms with van der Waals surface area (Å²) in [6.07, 6.45) is 0. The van der Waals surface area contributed by atoms with Gasteiger partial charge in [0.1, 0.15) is 11.6 Å². The average Bonchev–Trinajstić information content (AvgIpc) is 2.46. The summed E-state index contributed by atoms with van der Waals surface area (Å²) in [7, 11) is 1.56. The molecule has 0 atom stereocenters. The third kappa shape index (κ3) is 3.87. The standard InChI is InChI=1S/C15H13BrClNO2S/c1-19-13-7-10(15(18)21)6-11(16)14(13)20-8-9-4-2-3-5-12(9)17/h2-7H,8H2,1H3,(H2,18,21). The fourth-order valence-corrected chi connectivity index (χ4v) is 2.63. The molecule has 6 heteroatoms. The van der Waals surface area contributed by atoms with Crippen molar-refractivity contribution in [3.8, 4) is 11.5 Å². The van der Waals surface area contributed by atoms with Crippen LogP contribution in [0.4, 0.5) is 0 Å². The molecule has 0 fully saturated rings. The maximum absolute atomic E-state index is 6.11. The first-order chi connectivity index (χ1) is 10.0. The van der Waals surface area contributed by atoms with Crippen LogP contribution in [0.15, 0.2) is 40.9 Å². The van der Waals surface area contributed by atoms with E-state index in [4.69, 9.17) is 39.0 Å². The number of hydrogen-bond acceptors (Lipinski definition) is 3. The van der Waals surface area contributed by atoms with Gasteiger partial charge in [-0.25, -0.2) is 0 Å². The highest BCUT2D eigenvalue weighted by atomic mass is 79.9. The number of ether oxygens (including phenoxy) is 2. The van der Waals surface area contributed by atoms with E-state index in [2.05, 4.69) is 15.9 Å². The third-order valence-electron chi connectivity index (χ3n) is 2.84. The van der Waals surface area contributed by atoms with Crippen LogP contribution in [-0.2, 0) is 6.61 Å².